The van der Waals surface area contributed by atoms with Crippen LogP contribution in [0.4, 0.5) is 24.9 Å². The second-order valence-corrected chi connectivity index (χ2v) is 8.26. The summed E-state index contributed by atoms with van der Waals surface area (Å²) in [4.78, 5) is 20.6. The molecule has 0 aliphatic carbocycles. The van der Waals surface area contributed by atoms with Crippen molar-refractivity contribution in [3.63, 3.8) is 0 Å². The van der Waals surface area contributed by atoms with E-state index in [1.807, 2.05) is 0 Å². The molecule has 1 aromatic carbocycles. The third kappa shape index (κ3) is 4.45. The number of carbonyl (C=O) groups excluding carboxylic acids is 1. The quantitative estimate of drug-likeness (QED) is 0.499. The normalized spacial score (nSPS) is 13.7. The van der Waals surface area contributed by atoms with E-state index in [2.05, 4.69) is 15.3 Å². The zero-order valence-electron chi connectivity index (χ0n) is 16.2. The number of carbonyl (C=O) groups is 1. The van der Waals surface area contributed by atoms with Gasteiger partial charge in [0, 0.05) is 18.1 Å². The molecule has 0 bridgehead atoms. The highest BCUT2D eigenvalue weighted by Gasteiger charge is 2.26. The maximum absolute atomic E-state index is 13.9. The Kier molecular flexibility index (Phi) is 5.88. The summed E-state index contributed by atoms with van der Waals surface area (Å²) in [7, 11) is -2.39. The molecule has 3 N–H and O–H groups in total. The Labute approximate surface area is 175 Å². The molecule has 0 unspecified atom stereocenters. The van der Waals surface area contributed by atoms with Gasteiger partial charge in [0.15, 0.2) is 17.4 Å². The first-order valence-electron chi connectivity index (χ1n) is 8.53. The van der Waals surface area contributed by atoms with Crippen molar-refractivity contribution in [3.8, 4) is 5.75 Å². The Morgan fingerprint density at radius 3 is 2.52 bits per heavy atom. The van der Waals surface area contributed by atoms with E-state index in [-0.39, 0.29) is 23.9 Å². The van der Waals surface area contributed by atoms with Crippen LogP contribution >= 0.6 is 0 Å². The van der Waals surface area contributed by atoms with Crippen LogP contribution in [0.1, 0.15) is 15.9 Å². The van der Waals surface area contributed by atoms with Gasteiger partial charge in [0.25, 0.3) is 0 Å². The third-order valence-corrected chi connectivity index (χ3v) is 5.35. The van der Waals surface area contributed by atoms with Crippen molar-refractivity contribution in [2.24, 2.45) is 0 Å². The van der Waals surface area contributed by atoms with Crippen LogP contribution in [-0.2, 0) is 10.0 Å². The number of benzene rings is 1. The van der Waals surface area contributed by atoms with Crippen molar-refractivity contribution >= 4 is 27.6 Å². The van der Waals surface area contributed by atoms with Gasteiger partial charge in [-0.1, -0.05) is 0 Å². The number of ketones is 1. The van der Waals surface area contributed by atoms with E-state index in [4.69, 9.17) is 10.5 Å². The van der Waals surface area contributed by atoms with E-state index in [0.29, 0.717) is 11.8 Å². The number of methoxy groups -OCH3 is 1. The third-order valence-electron chi connectivity index (χ3n) is 4.22. The Bertz CT molecular complexity index is 1230. The molecule has 0 amide bonds. The molecule has 0 saturated carbocycles. The molecule has 9 nitrogen and oxygen atoms in total. The van der Waals surface area contributed by atoms with Crippen molar-refractivity contribution in [1.29, 1.82) is 0 Å². The lowest BCUT2D eigenvalue weighted by atomic mass is 10.0. The number of nitrogen functional groups attached to an aromatic ring is 1. The van der Waals surface area contributed by atoms with Gasteiger partial charge in [0.1, 0.15) is 5.82 Å². The number of anilines is 2. The van der Waals surface area contributed by atoms with Crippen LogP contribution in [0.2, 0.25) is 0 Å². The van der Waals surface area contributed by atoms with E-state index < -0.39 is 44.6 Å². The number of hydrogen-bond acceptors (Lipinski definition) is 8. The van der Waals surface area contributed by atoms with Crippen molar-refractivity contribution in [3.05, 3.63) is 64.9 Å². The minimum Gasteiger partial charge on any atom is -0.493 e. The molecule has 0 spiro atoms. The molecule has 31 heavy (non-hydrogen) atoms. The van der Waals surface area contributed by atoms with Crippen molar-refractivity contribution in [1.82, 2.24) is 14.3 Å². The molecule has 0 radical (unpaired) electrons. The number of rotatable bonds is 6. The highest BCUT2D eigenvalue weighted by Crippen LogP contribution is 2.30. The number of sulfonamides is 1. The van der Waals surface area contributed by atoms with Crippen molar-refractivity contribution in [2.75, 3.05) is 31.0 Å². The second kappa shape index (κ2) is 8.26. The predicted molar refractivity (Wildman–Crippen MR) is 105 cm³/mol. The first-order chi connectivity index (χ1) is 14.5. The van der Waals surface area contributed by atoms with Crippen LogP contribution in [0.3, 0.4) is 0 Å². The Morgan fingerprint density at radius 2 is 1.97 bits per heavy atom. The van der Waals surface area contributed by atoms with Gasteiger partial charge in [-0.3, -0.25) is 9.10 Å². The van der Waals surface area contributed by atoms with Gasteiger partial charge in [-0.15, -0.1) is 0 Å². The van der Waals surface area contributed by atoms with Crippen LogP contribution in [0.15, 0.2) is 36.3 Å². The monoisotopic (exact) mass is 455 g/mol. The fourth-order valence-corrected chi connectivity index (χ4v) is 3.30. The summed E-state index contributed by atoms with van der Waals surface area (Å²) in [6.07, 6.45) is 6.48. The largest absolute Gasteiger partial charge is 0.493 e. The summed E-state index contributed by atoms with van der Waals surface area (Å²) in [6, 6.07) is 0.496. The summed E-state index contributed by atoms with van der Waals surface area (Å²) in [5.74, 6) is -7.08. The fraction of sp³-hybridized carbons (Fsp3) is 0.167. The van der Waals surface area contributed by atoms with E-state index in [9.17, 15) is 26.4 Å². The van der Waals surface area contributed by atoms with Crippen molar-refractivity contribution < 1.29 is 31.1 Å². The molecule has 3 rings (SSSR count). The van der Waals surface area contributed by atoms with Gasteiger partial charge < -0.3 is 15.8 Å². The summed E-state index contributed by atoms with van der Waals surface area (Å²) in [5, 5.41) is 2.79. The highest BCUT2D eigenvalue weighted by atomic mass is 32.2. The number of nitrogens with zero attached hydrogens (tertiary/aromatic N) is 3. The molecule has 164 valence electrons. The molecule has 0 atom stereocenters. The minimum absolute atomic E-state index is 0.0128. The number of halogens is 3. The second-order valence-electron chi connectivity index (χ2n) is 6.32. The topological polar surface area (TPSA) is 128 Å². The molecule has 0 fully saturated rings. The minimum atomic E-state index is -3.39. The summed E-state index contributed by atoms with van der Waals surface area (Å²) in [6.45, 7) is 0.0885. The number of ether oxygens (including phenoxy) is 1. The number of aromatic nitrogens is 2. The van der Waals surface area contributed by atoms with Crippen LogP contribution in [-0.4, -0.2) is 48.4 Å². The first kappa shape index (κ1) is 22.1. The van der Waals surface area contributed by atoms with Gasteiger partial charge in [-0.2, -0.15) is 9.37 Å². The molecular formula is C18H16F3N5O4S. The summed E-state index contributed by atoms with van der Waals surface area (Å²) >= 11 is 0. The number of allylic oxidation sites excluding steroid dienone is 1. The fourth-order valence-electron chi connectivity index (χ4n) is 2.67. The smallest absolute Gasteiger partial charge is 0.232 e. The van der Waals surface area contributed by atoms with Gasteiger partial charge >= 0.3 is 0 Å². The van der Waals surface area contributed by atoms with Crippen LogP contribution in [0.5, 0.6) is 5.75 Å². The Morgan fingerprint density at radius 1 is 1.26 bits per heavy atom. The zero-order valence-corrected chi connectivity index (χ0v) is 17.0. The summed E-state index contributed by atoms with van der Waals surface area (Å²) < 4.78 is 69.7. The number of hydrogen-bond donors (Lipinski definition) is 2. The molecule has 2 aromatic rings. The molecule has 0 saturated heterocycles. The lowest BCUT2D eigenvalue weighted by Crippen LogP contribution is -2.27. The number of nitrogens with one attached hydrogen (secondary N) is 1. The van der Waals surface area contributed by atoms with E-state index in [1.165, 1.54) is 12.3 Å². The lowest BCUT2D eigenvalue weighted by molar-refractivity contribution is 0.103. The molecule has 1 aliphatic rings. The Balaban J connectivity index is 1.85. The average Bonchev–Trinajstić information content (AvgIpc) is 2.71. The maximum Gasteiger partial charge on any atom is 0.232 e. The lowest BCUT2D eigenvalue weighted by Gasteiger charge is -2.20. The SMILES string of the molecule is COc1c(C(=O)c2cnc(NC3=CCN(S(C)(=O)=O)C=C3)nc2N)cc(F)c(F)c1F. The molecule has 2 heterocycles. The van der Waals surface area contributed by atoms with E-state index >= 15 is 0 Å². The summed E-state index contributed by atoms with van der Waals surface area (Å²) in [5.41, 5.74) is 5.40. The van der Waals surface area contributed by atoms with Gasteiger partial charge in [-0.25, -0.2) is 22.2 Å². The molecule has 1 aromatic heterocycles. The van der Waals surface area contributed by atoms with Crippen LogP contribution < -0.4 is 15.8 Å². The zero-order chi connectivity index (χ0) is 22.9. The number of nitrogens with two attached hydrogens (primary N) is 1. The average molecular weight is 455 g/mol. The molecule has 1 aliphatic heterocycles. The van der Waals surface area contributed by atoms with E-state index in [0.717, 1.165) is 23.9 Å². The Hall–Kier alpha value is -3.61. The van der Waals surface area contributed by atoms with Gasteiger partial charge in [-0.05, 0) is 18.2 Å². The van der Waals surface area contributed by atoms with Crippen molar-refractivity contribution in [2.45, 2.75) is 0 Å². The molecule has 13 heteroatoms. The standard InChI is InChI=1S/C18H16F3N5O4S/c1-30-16-10(7-12(19)13(20)14(16)21)15(27)11-8-23-18(25-17(11)22)24-9-3-5-26(6-4-9)31(2,28)29/h3-5,7-8H,6H2,1-2H3,(H3,22,23,24,25). The maximum atomic E-state index is 13.9. The van der Waals surface area contributed by atoms with Crippen LogP contribution in [0, 0.1) is 17.5 Å². The van der Waals surface area contributed by atoms with E-state index in [1.54, 1.807) is 6.08 Å². The van der Waals surface area contributed by atoms with Gasteiger partial charge in [0.2, 0.25) is 27.6 Å². The van der Waals surface area contributed by atoms with Gasteiger partial charge in [0.05, 0.1) is 31.0 Å². The highest BCUT2D eigenvalue weighted by molar-refractivity contribution is 7.88. The predicted octanol–water partition coefficient (Wildman–Crippen LogP) is 1.80. The van der Waals surface area contributed by atoms with Crippen LogP contribution in [0.25, 0.3) is 0 Å². The first-order valence-corrected chi connectivity index (χ1v) is 10.4. The molecular weight excluding hydrogens is 439 g/mol.